The molecule has 1 saturated carbocycles. The lowest BCUT2D eigenvalue weighted by atomic mass is 9.85. The molecule has 21 heavy (non-hydrogen) atoms. The van der Waals surface area contributed by atoms with E-state index in [-0.39, 0.29) is 6.10 Å². The van der Waals surface area contributed by atoms with Crippen molar-refractivity contribution in [2.24, 2.45) is 16.6 Å². The zero-order valence-electron chi connectivity index (χ0n) is 12.5. The number of benzene rings is 1. The van der Waals surface area contributed by atoms with Crippen molar-refractivity contribution in [3.63, 3.8) is 0 Å². The molecule has 0 amide bonds. The van der Waals surface area contributed by atoms with E-state index in [1.807, 2.05) is 24.3 Å². The summed E-state index contributed by atoms with van der Waals surface area (Å²) >= 11 is 6.10. The Morgan fingerprint density at radius 1 is 1.48 bits per heavy atom. The Morgan fingerprint density at radius 3 is 2.86 bits per heavy atom. The second-order valence-corrected chi connectivity index (χ2v) is 5.89. The fraction of sp³-hybridized carbons (Fsp3) is 0.562. The monoisotopic (exact) mass is 309 g/mol. The minimum absolute atomic E-state index is 0.0195. The number of guanidine groups is 1. The Hall–Kier alpha value is -1.42. The molecule has 0 heterocycles. The molecule has 0 saturated heterocycles. The zero-order valence-corrected chi connectivity index (χ0v) is 13.3. The molecule has 4 nitrogen and oxygen atoms in total. The largest absolute Gasteiger partial charge is 0.487 e. The predicted octanol–water partition coefficient (Wildman–Crippen LogP) is 3.20. The van der Waals surface area contributed by atoms with Gasteiger partial charge < -0.3 is 15.8 Å². The van der Waals surface area contributed by atoms with Crippen molar-refractivity contribution in [3.05, 3.63) is 29.3 Å². The highest BCUT2D eigenvalue weighted by atomic mass is 35.5. The number of nitrogens with one attached hydrogen (secondary N) is 1. The third kappa shape index (κ3) is 5.12. The molecule has 1 atom stereocenters. The molecule has 0 radical (unpaired) electrons. The minimum atomic E-state index is -0.0195. The van der Waals surface area contributed by atoms with Crippen molar-refractivity contribution in [1.82, 2.24) is 5.32 Å². The van der Waals surface area contributed by atoms with Gasteiger partial charge in [0, 0.05) is 6.54 Å². The van der Waals surface area contributed by atoms with Gasteiger partial charge in [0.1, 0.15) is 11.9 Å². The SMILES string of the molecule is CCC(CN=C(N)NCC1CCC1)Oc1ccccc1Cl. The predicted molar refractivity (Wildman–Crippen MR) is 88.0 cm³/mol. The number of rotatable bonds is 7. The van der Waals surface area contributed by atoms with Crippen LogP contribution in [0.25, 0.3) is 0 Å². The van der Waals surface area contributed by atoms with E-state index >= 15 is 0 Å². The highest BCUT2D eigenvalue weighted by molar-refractivity contribution is 6.32. The summed E-state index contributed by atoms with van der Waals surface area (Å²) < 4.78 is 5.88. The molecule has 3 N–H and O–H groups in total. The van der Waals surface area contributed by atoms with Crippen molar-refractivity contribution in [2.75, 3.05) is 13.1 Å². The minimum Gasteiger partial charge on any atom is -0.487 e. The summed E-state index contributed by atoms with van der Waals surface area (Å²) in [5.74, 6) is 1.96. The van der Waals surface area contributed by atoms with Gasteiger partial charge in [-0.3, -0.25) is 0 Å². The molecule has 0 aliphatic heterocycles. The summed E-state index contributed by atoms with van der Waals surface area (Å²) in [7, 11) is 0. The second-order valence-electron chi connectivity index (χ2n) is 5.48. The van der Waals surface area contributed by atoms with Crippen LogP contribution in [-0.4, -0.2) is 25.2 Å². The molecule has 2 rings (SSSR count). The lowest BCUT2D eigenvalue weighted by molar-refractivity contribution is 0.206. The van der Waals surface area contributed by atoms with Gasteiger partial charge in [-0.2, -0.15) is 0 Å². The number of aliphatic imine (C=N–C) groups is 1. The lowest BCUT2D eigenvalue weighted by Crippen LogP contribution is -2.38. The maximum absolute atomic E-state index is 6.10. The summed E-state index contributed by atoms with van der Waals surface area (Å²) in [5.41, 5.74) is 5.88. The van der Waals surface area contributed by atoms with Crippen LogP contribution in [0.15, 0.2) is 29.3 Å². The standard InChI is InChI=1S/C16H24ClN3O/c1-2-13(21-15-9-4-3-8-14(15)17)11-20-16(18)19-10-12-6-5-7-12/h3-4,8-9,12-13H,2,5-7,10-11H2,1H3,(H3,18,19,20). The van der Waals surface area contributed by atoms with Gasteiger partial charge in [0.25, 0.3) is 0 Å². The van der Waals surface area contributed by atoms with E-state index in [2.05, 4.69) is 17.2 Å². The van der Waals surface area contributed by atoms with Crippen LogP contribution < -0.4 is 15.8 Å². The Labute approximate surface area is 131 Å². The molecule has 1 aliphatic rings. The van der Waals surface area contributed by atoms with Crippen LogP contribution in [0.2, 0.25) is 5.02 Å². The number of nitrogens with zero attached hydrogens (tertiary/aromatic N) is 1. The Bertz CT molecular complexity index is 474. The summed E-state index contributed by atoms with van der Waals surface area (Å²) in [6, 6.07) is 7.48. The maximum Gasteiger partial charge on any atom is 0.188 e. The molecule has 0 aromatic heterocycles. The first-order chi connectivity index (χ1) is 10.2. The topological polar surface area (TPSA) is 59.6 Å². The molecule has 0 bridgehead atoms. The third-order valence-electron chi connectivity index (χ3n) is 3.85. The first-order valence-electron chi connectivity index (χ1n) is 7.64. The van der Waals surface area contributed by atoms with E-state index in [1.165, 1.54) is 19.3 Å². The molecule has 1 aliphatic carbocycles. The van der Waals surface area contributed by atoms with Gasteiger partial charge in [-0.25, -0.2) is 4.99 Å². The van der Waals surface area contributed by atoms with Gasteiger partial charge in [0.05, 0.1) is 11.6 Å². The average molecular weight is 310 g/mol. The molecule has 0 spiro atoms. The first kappa shape index (κ1) is 16.0. The van der Waals surface area contributed by atoms with Crippen LogP contribution in [0.3, 0.4) is 0 Å². The van der Waals surface area contributed by atoms with Crippen LogP contribution in [0.1, 0.15) is 32.6 Å². The molecular weight excluding hydrogens is 286 g/mol. The number of hydrogen-bond donors (Lipinski definition) is 2. The first-order valence-corrected chi connectivity index (χ1v) is 8.01. The smallest absolute Gasteiger partial charge is 0.188 e. The fourth-order valence-corrected chi connectivity index (χ4v) is 2.35. The molecule has 1 unspecified atom stereocenters. The number of nitrogens with two attached hydrogens (primary N) is 1. The van der Waals surface area contributed by atoms with E-state index in [0.29, 0.717) is 23.3 Å². The molecular formula is C16H24ClN3O. The summed E-state index contributed by atoms with van der Waals surface area (Å²) in [4.78, 5) is 4.37. The third-order valence-corrected chi connectivity index (χ3v) is 4.16. The Morgan fingerprint density at radius 2 is 2.24 bits per heavy atom. The number of para-hydroxylation sites is 1. The summed E-state index contributed by atoms with van der Waals surface area (Å²) in [6.45, 7) is 3.53. The van der Waals surface area contributed by atoms with Crippen LogP contribution in [-0.2, 0) is 0 Å². The maximum atomic E-state index is 6.10. The van der Waals surface area contributed by atoms with Crippen LogP contribution in [0.4, 0.5) is 0 Å². The highest BCUT2D eigenvalue weighted by Crippen LogP contribution is 2.25. The quantitative estimate of drug-likeness (QED) is 0.600. The average Bonchev–Trinajstić information content (AvgIpc) is 2.43. The highest BCUT2D eigenvalue weighted by Gasteiger charge is 2.17. The van der Waals surface area contributed by atoms with E-state index in [0.717, 1.165) is 18.9 Å². The van der Waals surface area contributed by atoms with Crippen molar-refractivity contribution < 1.29 is 4.74 Å². The second kappa shape index (κ2) is 8.13. The van der Waals surface area contributed by atoms with Crippen molar-refractivity contribution >= 4 is 17.6 Å². The normalized spacial score (nSPS) is 17.1. The van der Waals surface area contributed by atoms with Crippen molar-refractivity contribution in [1.29, 1.82) is 0 Å². The van der Waals surface area contributed by atoms with Crippen LogP contribution >= 0.6 is 11.6 Å². The van der Waals surface area contributed by atoms with Gasteiger partial charge in [-0.1, -0.05) is 37.1 Å². The Kier molecular flexibility index (Phi) is 6.18. The molecule has 116 valence electrons. The summed E-state index contributed by atoms with van der Waals surface area (Å²) in [6.07, 6.45) is 4.77. The Balaban J connectivity index is 1.79. The number of halogens is 1. The molecule has 1 aromatic carbocycles. The van der Waals surface area contributed by atoms with Gasteiger partial charge in [0.2, 0.25) is 0 Å². The fourth-order valence-electron chi connectivity index (χ4n) is 2.17. The number of ether oxygens (including phenoxy) is 1. The zero-order chi connectivity index (χ0) is 15.1. The van der Waals surface area contributed by atoms with Gasteiger partial charge in [-0.05, 0) is 37.3 Å². The lowest BCUT2D eigenvalue weighted by Gasteiger charge is -2.25. The summed E-state index contributed by atoms with van der Waals surface area (Å²) in [5, 5.41) is 3.81. The van der Waals surface area contributed by atoms with Crippen molar-refractivity contribution in [2.45, 2.75) is 38.7 Å². The van der Waals surface area contributed by atoms with Crippen molar-refractivity contribution in [3.8, 4) is 5.75 Å². The van der Waals surface area contributed by atoms with Crippen LogP contribution in [0.5, 0.6) is 5.75 Å². The van der Waals surface area contributed by atoms with E-state index in [1.54, 1.807) is 0 Å². The van der Waals surface area contributed by atoms with Gasteiger partial charge in [0.15, 0.2) is 5.96 Å². The molecule has 1 aromatic rings. The van der Waals surface area contributed by atoms with E-state index in [9.17, 15) is 0 Å². The molecule has 1 fully saturated rings. The van der Waals surface area contributed by atoms with Gasteiger partial charge in [-0.15, -0.1) is 0 Å². The van der Waals surface area contributed by atoms with Gasteiger partial charge >= 0.3 is 0 Å². The van der Waals surface area contributed by atoms with E-state index in [4.69, 9.17) is 22.1 Å². The number of hydrogen-bond acceptors (Lipinski definition) is 2. The van der Waals surface area contributed by atoms with E-state index < -0.39 is 0 Å². The van der Waals surface area contributed by atoms with Crippen LogP contribution in [0, 0.1) is 5.92 Å². The molecule has 5 heteroatoms.